The quantitative estimate of drug-likeness (QED) is 0.197. The van der Waals surface area contributed by atoms with Gasteiger partial charge in [0.2, 0.25) is 0 Å². The maximum atomic E-state index is 9.40. The molecule has 0 aromatic heterocycles. The average molecular weight is 419 g/mol. The minimum atomic E-state index is -2.95. The molecule has 0 saturated carbocycles. The zero-order chi connectivity index (χ0) is 21.4. The van der Waals surface area contributed by atoms with Crippen molar-refractivity contribution in [3.05, 3.63) is 127 Å². The number of hydrogen-bond acceptors (Lipinski definition) is 3. The minimum Gasteiger partial charge on any atom is -0.438 e. The summed E-state index contributed by atoms with van der Waals surface area (Å²) in [6, 6.07) is 42.8. The Morgan fingerprint density at radius 3 is 1.42 bits per heavy atom. The molecule has 0 radical (unpaired) electrons. The van der Waals surface area contributed by atoms with Gasteiger partial charge in [-0.15, -0.1) is 5.16 Å². The number of oxime groups is 1. The van der Waals surface area contributed by atoms with Crippen molar-refractivity contribution in [3.8, 4) is 6.07 Å². The van der Waals surface area contributed by atoms with Gasteiger partial charge in [-0.1, -0.05) is 121 Å². The second-order valence-corrected chi connectivity index (χ2v) is 10.4. The van der Waals surface area contributed by atoms with E-state index in [-0.39, 0.29) is 6.42 Å². The van der Waals surface area contributed by atoms with Crippen molar-refractivity contribution in [2.45, 2.75) is 6.42 Å². The van der Waals surface area contributed by atoms with Crippen LogP contribution < -0.4 is 15.6 Å². The molecule has 0 atom stereocenters. The van der Waals surface area contributed by atoms with Gasteiger partial charge in [0.1, 0.15) is 0 Å². The summed E-state index contributed by atoms with van der Waals surface area (Å²) in [5, 5.41) is 17.3. The van der Waals surface area contributed by atoms with Gasteiger partial charge >= 0.3 is 8.32 Å². The summed E-state index contributed by atoms with van der Waals surface area (Å²) in [6.45, 7) is 0. The Kier molecular flexibility index (Phi) is 6.37. The molecule has 0 amide bonds. The van der Waals surface area contributed by atoms with E-state index in [1.807, 2.05) is 84.9 Å². The van der Waals surface area contributed by atoms with Crippen LogP contribution in [-0.2, 0) is 4.53 Å². The monoisotopic (exact) mass is 418 g/mol. The van der Waals surface area contributed by atoms with Crippen LogP contribution in [0.15, 0.2) is 126 Å². The van der Waals surface area contributed by atoms with E-state index in [0.717, 1.165) is 21.1 Å². The van der Waals surface area contributed by atoms with Gasteiger partial charge in [-0.3, -0.25) is 0 Å². The van der Waals surface area contributed by atoms with E-state index >= 15 is 0 Å². The highest BCUT2D eigenvalue weighted by atomic mass is 28.4. The van der Waals surface area contributed by atoms with E-state index in [0.29, 0.717) is 5.71 Å². The lowest BCUT2D eigenvalue weighted by Crippen LogP contribution is -2.68. The molecular weight excluding hydrogens is 396 g/mol. The number of rotatable bonds is 7. The van der Waals surface area contributed by atoms with E-state index in [9.17, 15) is 5.26 Å². The van der Waals surface area contributed by atoms with Gasteiger partial charge in [0, 0.05) is 5.56 Å². The van der Waals surface area contributed by atoms with E-state index in [4.69, 9.17) is 4.53 Å². The lowest BCUT2D eigenvalue weighted by Gasteiger charge is -2.30. The standard InChI is InChI=1S/C27H22N2OSi/c28-22-21-27(23-13-5-1-6-14-23)29-30-31(24-15-7-2-8-16-24,25-17-9-3-10-18-25)26-19-11-4-12-20-26/h1-20H,21H2. The first-order chi connectivity index (χ1) is 15.3. The summed E-state index contributed by atoms with van der Waals surface area (Å²) in [4.78, 5) is 0. The average Bonchev–Trinajstić information content (AvgIpc) is 2.86. The second kappa shape index (κ2) is 9.71. The molecule has 0 aliphatic rings. The van der Waals surface area contributed by atoms with Crippen molar-refractivity contribution in [1.29, 1.82) is 5.26 Å². The summed E-state index contributed by atoms with van der Waals surface area (Å²) in [5.74, 6) is 0. The van der Waals surface area contributed by atoms with Gasteiger partial charge in [-0.25, -0.2) is 0 Å². The molecule has 4 aromatic rings. The number of benzene rings is 4. The van der Waals surface area contributed by atoms with Crippen molar-refractivity contribution in [2.75, 3.05) is 0 Å². The maximum absolute atomic E-state index is 9.40. The van der Waals surface area contributed by atoms with Crippen LogP contribution in [-0.4, -0.2) is 14.0 Å². The van der Waals surface area contributed by atoms with Gasteiger partial charge < -0.3 is 4.53 Å². The van der Waals surface area contributed by atoms with Crippen molar-refractivity contribution < 1.29 is 4.53 Å². The highest BCUT2D eigenvalue weighted by Crippen LogP contribution is 2.13. The largest absolute Gasteiger partial charge is 0.438 e. The fourth-order valence-electron chi connectivity index (χ4n) is 3.69. The molecule has 0 N–H and O–H groups in total. The van der Waals surface area contributed by atoms with Crippen LogP contribution in [0.25, 0.3) is 0 Å². The van der Waals surface area contributed by atoms with Crippen LogP contribution in [0.1, 0.15) is 12.0 Å². The lowest BCUT2D eigenvalue weighted by molar-refractivity contribution is 0.348. The number of nitrogens with zero attached hydrogens (tertiary/aromatic N) is 2. The molecule has 0 aliphatic carbocycles. The molecule has 4 heteroatoms. The van der Waals surface area contributed by atoms with Crippen LogP contribution in [0, 0.1) is 11.3 Å². The summed E-state index contributed by atoms with van der Waals surface area (Å²) in [7, 11) is -2.95. The van der Waals surface area contributed by atoms with Crippen molar-refractivity contribution in [1.82, 2.24) is 0 Å². The van der Waals surface area contributed by atoms with E-state index in [1.54, 1.807) is 0 Å². The van der Waals surface area contributed by atoms with E-state index in [2.05, 4.69) is 47.6 Å². The van der Waals surface area contributed by atoms with Crippen LogP contribution in [0.4, 0.5) is 0 Å². The topological polar surface area (TPSA) is 45.4 Å². The first-order valence-corrected chi connectivity index (χ1v) is 12.1. The second-order valence-electron chi connectivity index (χ2n) is 7.11. The zero-order valence-corrected chi connectivity index (χ0v) is 18.1. The molecule has 0 fully saturated rings. The van der Waals surface area contributed by atoms with Gasteiger partial charge in [-0.05, 0) is 15.6 Å². The SMILES string of the molecule is N#CCC(=NO[Si](c1ccccc1)(c1ccccc1)c1ccccc1)c1ccccc1. The van der Waals surface area contributed by atoms with E-state index < -0.39 is 8.32 Å². The zero-order valence-electron chi connectivity index (χ0n) is 17.1. The molecule has 4 aromatic carbocycles. The maximum Gasteiger partial charge on any atom is 0.380 e. The first kappa shape index (κ1) is 20.3. The molecule has 0 spiro atoms. The molecule has 4 rings (SSSR count). The highest BCUT2D eigenvalue weighted by molar-refractivity contribution is 7.07. The molecule has 3 nitrogen and oxygen atoms in total. The van der Waals surface area contributed by atoms with Gasteiger partial charge in [0.15, 0.2) is 0 Å². The van der Waals surface area contributed by atoms with Crippen molar-refractivity contribution >= 4 is 29.6 Å². The number of hydrogen-bond donors (Lipinski definition) is 0. The Morgan fingerprint density at radius 1 is 0.645 bits per heavy atom. The van der Waals surface area contributed by atoms with Crippen molar-refractivity contribution in [2.24, 2.45) is 5.16 Å². The smallest absolute Gasteiger partial charge is 0.380 e. The third kappa shape index (κ3) is 4.32. The van der Waals surface area contributed by atoms with E-state index in [1.165, 1.54) is 0 Å². The fourth-order valence-corrected chi connectivity index (χ4v) is 7.24. The molecule has 0 saturated heterocycles. The molecule has 0 aliphatic heterocycles. The Bertz CT molecular complexity index is 1070. The van der Waals surface area contributed by atoms with Crippen LogP contribution in [0.5, 0.6) is 0 Å². The van der Waals surface area contributed by atoms with Gasteiger partial charge in [0.05, 0.1) is 18.2 Å². The molecule has 0 heterocycles. The molecule has 31 heavy (non-hydrogen) atoms. The van der Waals surface area contributed by atoms with Gasteiger partial charge in [-0.2, -0.15) is 5.26 Å². The Hall–Kier alpha value is -3.94. The fraction of sp³-hybridized carbons (Fsp3) is 0.0370. The molecule has 0 unspecified atom stereocenters. The summed E-state index contributed by atoms with van der Waals surface area (Å²) in [6.07, 6.45) is 0.173. The van der Waals surface area contributed by atoms with Crippen LogP contribution in [0.3, 0.4) is 0 Å². The molecule has 0 bridgehead atoms. The Morgan fingerprint density at radius 2 is 1.03 bits per heavy atom. The first-order valence-electron chi connectivity index (χ1n) is 10.2. The van der Waals surface area contributed by atoms with Crippen molar-refractivity contribution in [3.63, 3.8) is 0 Å². The third-order valence-corrected chi connectivity index (χ3v) is 8.99. The Balaban J connectivity index is 1.93. The summed E-state index contributed by atoms with van der Waals surface area (Å²) < 4.78 is 6.63. The third-order valence-electron chi connectivity index (χ3n) is 5.19. The molecule has 150 valence electrons. The minimum absolute atomic E-state index is 0.173. The van der Waals surface area contributed by atoms with Crippen LogP contribution in [0.2, 0.25) is 0 Å². The highest BCUT2D eigenvalue weighted by Gasteiger charge is 2.45. The molecular formula is C27H22N2OSi. The van der Waals surface area contributed by atoms with Crippen LogP contribution >= 0.6 is 0 Å². The summed E-state index contributed by atoms with van der Waals surface area (Å²) in [5.41, 5.74) is 1.52. The number of nitriles is 1. The predicted molar refractivity (Wildman–Crippen MR) is 128 cm³/mol. The Labute approximate surface area is 184 Å². The lowest BCUT2D eigenvalue weighted by atomic mass is 10.1. The summed E-state index contributed by atoms with van der Waals surface area (Å²) >= 11 is 0. The predicted octanol–water partition coefficient (Wildman–Crippen LogP) is 3.99. The normalized spacial score (nSPS) is 11.5. The van der Waals surface area contributed by atoms with Gasteiger partial charge in [0.25, 0.3) is 0 Å².